The van der Waals surface area contributed by atoms with E-state index in [0.717, 1.165) is 35.3 Å². The quantitative estimate of drug-likeness (QED) is 0.742. The predicted octanol–water partition coefficient (Wildman–Crippen LogP) is 3.45. The van der Waals surface area contributed by atoms with Crippen LogP contribution >= 0.6 is 22.7 Å². The van der Waals surface area contributed by atoms with E-state index >= 15 is 0 Å². The monoisotopic (exact) mass is 407 g/mol. The summed E-state index contributed by atoms with van der Waals surface area (Å²) in [5, 5.41) is 6.93. The van der Waals surface area contributed by atoms with Crippen molar-refractivity contribution in [3.63, 3.8) is 0 Å². The van der Waals surface area contributed by atoms with Crippen LogP contribution in [0, 0.1) is 5.92 Å². The molecule has 0 saturated carbocycles. The SMILES string of the molecule is COC(=O)c1c(NC(=O)COC(=O)Cc2ccsc2)sc2c1CC[C@@H](C)C2. The van der Waals surface area contributed by atoms with Gasteiger partial charge in [-0.1, -0.05) is 6.92 Å². The summed E-state index contributed by atoms with van der Waals surface area (Å²) in [7, 11) is 1.33. The van der Waals surface area contributed by atoms with Gasteiger partial charge in [-0.3, -0.25) is 9.59 Å². The Hall–Kier alpha value is -2.19. The normalized spacial score (nSPS) is 15.7. The van der Waals surface area contributed by atoms with E-state index in [2.05, 4.69) is 12.2 Å². The number of hydrogen-bond acceptors (Lipinski definition) is 7. The maximum Gasteiger partial charge on any atom is 0.341 e. The second kappa shape index (κ2) is 8.67. The number of ether oxygens (including phenoxy) is 2. The first kappa shape index (κ1) is 19.6. The lowest BCUT2D eigenvalue weighted by molar-refractivity contribution is -0.146. The fraction of sp³-hybridized carbons (Fsp3) is 0.421. The summed E-state index contributed by atoms with van der Waals surface area (Å²) >= 11 is 2.90. The summed E-state index contributed by atoms with van der Waals surface area (Å²) in [6.45, 7) is 1.79. The average molecular weight is 408 g/mol. The van der Waals surface area contributed by atoms with Crippen LogP contribution in [0.4, 0.5) is 5.00 Å². The third kappa shape index (κ3) is 4.75. The minimum Gasteiger partial charge on any atom is -0.465 e. The molecular weight excluding hydrogens is 386 g/mol. The maximum absolute atomic E-state index is 12.2. The van der Waals surface area contributed by atoms with E-state index in [1.807, 2.05) is 16.8 Å². The van der Waals surface area contributed by atoms with E-state index in [4.69, 9.17) is 9.47 Å². The van der Waals surface area contributed by atoms with Gasteiger partial charge in [0, 0.05) is 4.88 Å². The molecule has 0 aromatic carbocycles. The van der Waals surface area contributed by atoms with Crippen LogP contribution in [0.1, 0.15) is 39.7 Å². The van der Waals surface area contributed by atoms with Gasteiger partial charge in [0.25, 0.3) is 5.91 Å². The molecule has 3 rings (SSSR count). The number of thiophene rings is 2. The molecular formula is C19H21NO5S2. The van der Waals surface area contributed by atoms with Crippen molar-refractivity contribution in [2.24, 2.45) is 5.92 Å². The van der Waals surface area contributed by atoms with E-state index in [-0.39, 0.29) is 13.0 Å². The zero-order valence-electron chi connectivity index (χ0n) is 15.2. The minimum absolute atomic E-state index is 0.134. The number of carbonyl (C=O) groups is 3. The van der Waals surface area contributed by atoms with Crippen molar-refractivity contribution in [3.8, 4) is 0 Å². The largest absolute Gasteiger partial charge is 0.465 e. The van der Waals surface area contributed by atoms with Crippen LogP contribution in [0.2, 0.25) is 0 Å². The zero-order chi connectivity index (χ0) is 19.4. The van der Waals surface area contributed by atoms with Gasteiger partial charge in [-0.05, 0) is 53.1 Å². The van der Waals surface area contributed by atoms with Crippen LogP contribution in [-0.2, 0) is 38.3 Å². The van der Waals surface area contributed by atoms with Crippen molar-refractivity contribution in [3.05, 3.63) is 38.4 Å². The summed E-state index contributed by atoms with van der Waals surface area (Å²) in [5.41, 5.74) is 2.26. The van der Waals surface area contributed by atoms with Crippen LogP contribution in [0.3, 0.4) is 0 Å². The third-order valence-electron chi connectivity index (χ3n) is 4.45. The number of methoxy groups -OCH3 is 1. The molecule has 0 aliphatic heterocycles. The van der Waals surface area contributed by atoms with E-state index in [1.165, 1.54) is 29.8 Å². The summed E-state index contributed by atoms with van der Waals surface area (Å²) < 4.78 is 9.94. The van der Waals surface area contributed by atoms with Crippen molar-refractivity contribution in [1.82, 2.24) is 0 Å². The first-order valence-corrected chi connectivity index (χ1v) is 10.4. The molecule has 1 N–H and O–H groups in total. The Bertz CT molecular complexity index is 841. The Labute approximate surface area is 165 Å². The van der Waals surface area contributed by atoms with Crippen molar-refractivity contribution in [1.29, 1.82) is 0 Å². The molecule has 2 heterocycles. The molecule has 1 aliphatic rings. The highest BCUT2D eigenvalue weighted by molar-refractivity contribution is 7.17. The van der Waals surface area contributed by atoms with Gasteiger partial charge in [0.15, 0.2) is 6.61 Å². The molecule has 0 fully saturated rings. The highest BCUT2D eigenvalue weighted by Gasteiger charge is 2.29. The lowest BCUT2D eigenvalue weighted by Crippen LogP contribution is -2.22. The lowest BCUT2D eigenvalue weighted by Gasteiger charge is -2.18. The first-order valence-electron chi connectivity index (χ1n) is 8.67. The van der Waals surface area contributed by atoms with Gasteiger partial charge < -0.3 is 14.8 Å². The molecule has 6 nitrogen and oxygen atoms in total. The molecule has 1 aliphatic carbocycles. The number of hydrogen-bond donors (Lipinski definition) is 1. The predicted molar refractivity (Wildman–Crippen MR) is 104 cm³/mol. The number of esters is 2. The molecule has 0 radical (unpaired) electrons. The van der Waals surface area contributed by atoms with Crippen molar-refractivity contribution in [2.45, 2.75) is 32.6 Å². The third-order valence-corrected chi connectivity index (χ3v) is 6.35. The second-order valence-electron chi connectivity index (χ2n) is 6.56. The molecule has 0 unspecified atom stereocenters. The fourth-order valence-electron chi connectivity index (χ4n) is 3.08. The number of fused-ring (bicyclic) bond motifs is 1. The summed E-state index contributed by atoms with van der Waals surface area (Å²) in [5.74, 6) is -0.837. The highest BCUT2D eigenvalue weighted by atomic mass is 32.1. The summed E-state index contributed by atoms with van der Waals surface area (Å²) in [4.78, 5) is 37.4. The topological polar surface area (TPSA) is 81.7 Å². The molecule has 0 saturated heterocycles. The van der Waals surface area contributed by atoms with E-state index < -0.39 is 17.8 Å². The van der Waals surface area contributed by atoms with Gasteiger partial charge in [-0.2, -0.15) is 11.3 Å². The number of amides is 1. The zero-order valence-corrected chi connectivity index (χ0v) is 16.8. The lowest BCUT2D eigenvalue weighted by atomic mass is 9.88. The smallest absolute Gasteiger partial charge is 0.341 e. The molecule has 1 amide bonds. The maximum atomic E-state index is 12.2. The van der Waals surface area contributed by atoms with Gasteiger partial charge in [-0.25, -0.2) is 4.79 Å². The van der Waals surface area contributed by atoms with Gasteiger partial charge in [0.1, 0.15) is 5.00 Å². The van der Waals surface area contributed by atoms with Gasteiger partial charge in [0.05, 0.1) is 19.1 Å². The van der Waals surface area contributed by atoms with Gasteiger partial charge >= 0.3 is 11.9 Å². The number of carbonyl (C=O) groups excluding carboxylic acids is 3. The van der Waals surface area contributed by atoms with E-state index in [0.29, 0.717) is 16.5 Å². The van der Waals surface area contributed by atoms with Crippen molar-refractivity contribution < 1.29 is 23.9 Å². The summed E-state index contributed by atoms with van der Waals surface area (Å²) in [6, 6.07) is 1.84. The number of nitrogens with one attached hydrogen (secondary N) is 1. The fourth-order valence-corrected chi connectivity index (χ4v) is 5.16. The highest BCUT2D eigenvalue weighted by Crippen LogP contribution is 2.40. The van der Waals surface area contributed by atoms with Crippen LogP contribution in [0.5, 0.6) is 0 Å². The number of rotatable bonds is 6. The van der Waals surface area contributed by atoms with Crippen molar-refractivity contribution >= 4 is 45.5 Å². The van der Waals surface area contributed by atoms with Crippen molar-refractivity contribution in [2.75, 3.05) is 19.0 Å². The van der Waals surface area contributed by atoms with Crippen LogP contribution in [0.15, 0.2) is 16.8 Å². The average Bonchev–Trinajstić information content (AvgIpc) is 3.26. The Kier molecular flexibility index (Phi) is 6.28. The van der Waals surface area contributed by atoms with E-state index in [1.54, 1.807) is 0 Å². The molecule has 0 bridgehead atoms. The molecule has 8 heteroatoms. The van der Waals surface area contributed by atoms with Crippen LogP contribution < -0.4 is 5.32 Å². The molecule has 2 aromatic heterocycles. The Morgan fingerprint density at radius 3 is 2.85 bits per heavy atom. The van der Waals surface area contributed by atoms with E-state index in [9.17, 15) is 14.4 Å². The number of anilines is 1. The van der Waals surface area contributed by atoms with Gasteiger partial charge in [-0.15, -0.1) is 11.3 Å². The Balaban J connectivity index is 1.64. The first-order chi connectivity index (χ1) is 13.0. The second-order valence-corrected chi connectivity index (χ2v) is 8.45. The molecule has 2 aromatic rings. The van der Waals surface area contributed by atoms with Gasteiger partial charge in [0.2, 0.25) is 0 Å². The Morgan fingerprint density at radius 2 is 2.15 bits per heavy atom. The van der Waals surface area contributed by atoms with Crippen LogP contribution in [0.25, 0.3) is 0 Å². The minimum atomic E-state index is -0.467. The molecule has 144 valence electrons. The Morgan fingerprint density at radius 1 is 1.33 bits per heavy atom. The molecule has 0 spiro atoms. The standard InChI is InChI=1S/C19H21NO5S2/c1-11-3-4-13-14(7-11)27-18(17(13)19(23)24-2)20-15(21)9-25-16(22)8-12-5-6-26-10-12/h5-6,10-11H,3-4,7-9H2,1-2H3,(H,20,21)/t11-/m1/s1. The summed E-state index contributed by atoms with van der Waals surface area (Å²) in [6.07, 6.45) is 2.81. The van der Waals surface area contributed by atoms with Crippen LogP contribution in [-0.4, -0.2) is 31.6 Å². The molecule has 1 atom stereocenters. The molecule has 27 heavy (non-hydrogen) atoms.